The highest BCUT2D eigenvalue weighted by Crippen LogP contribution is 2.47. The number of methoxy groups -OCH3 is 1. The summed E-state index contributed by atoms with van der Waals surface area (Å²) < 4.78 is 24.6. The minimum atomic E-state index is -0.334. The Morgan fingerprint density at radius 1 is 1.23 bits per heavy atom. The number of nitrogens with zero attached hydrogens (tertiary/aromatic N) is 5. The third kappa shape index (κ3) is 4.66. The summed E-state index contributed by atoms with van der Waals surface area (Å²) in [6.07, 6.45) is 4.55. The number of carbonyl (C=O) groups excluding carboxylic acids is 1. The first-order valence-electron chi connectivity index (χ1n) is 12.5. The molecule has 0 unspecified atom stereocenters. The number of amides is 1. The number of piperazine rings is 1. The van der Waals surface area contributed by atoms with Crippen LogP contribution in [0, 0.1) is 18.2 Å². The maximum Gasteiger partial charge on any atom is 0.409 e. The lowest BCUT2D eigenvalue weighted by Crippen LogP contribution is -2.58. The topological polar surface area (TPSA) is 71.0 Å². The van der Waals surface area contributed by atoms with Crippen molar-refractivity contribution in [2.24, 2.45) is 5.41 Å². The van der Waals surface area contributed by atoms with Crippen LogP contribution in [0.2, 0.25) is 0 Å². The molecule has 1 amide bonds. The molecule has 3 aliphatic rings. The van der Waals surface area contributed by atoms with E-state index >= 15 is 0 Å². The van der Waals surface area contributed by atoms with Gasteiger partial charge in [-0.2, -0.15) is 0 Å². The van der Waals surface area contributed by atoms with Crippen molar-refractivity contribution in [3.8, 4) is 17.1 Å². The first kappa shape index (κ1) is 23.8. The Balaban J connectivity index is 1.23. The highest BCUT2D eigenvalue weighted by molar-refractivity contribution is 5.76. The maximum atomic E-state index is 14.3. The third-order valence-electron chi connectivity index (χ3n) is 7.79. The average Bonchev–Trinajstić information content (AvgIpc) is 3.30. The average molecular weight is 484 g/mol. The van der Waals surface area contributed by atoms with Crippen LogP contribution in [-0.4, -0.2) is 84.9 Å². The molecule has 5 rings (SSSR count). The molecule has 1 atom stereocenters. The molecule has 35 heavy (non-hydrogen) atoms. The van der Waals surface area contributed by atoms with Crippen LogP contribution < -0.4 is 9.64 Å². The van der Waals surface area contributed by atoms with Gasteiger partial charge in [-0.1, -0.05) is 0 Å². The van der Waals surface area contributed by atoms with Crippen molar-refractivity contribution >= 4 is 11.8 Å². The van der Waals surface area contributed by atoms with E-state index < -0.39 is 0 Å². The molecule has 1 spiro atoms. The number of halogens is 1. The van der Waals surface area contributed by atoms with Crippen LogP contribution in [0.15, 0.2) is 24.4 Å². The summed E-state index contributed by atoms with van der Waals surface area (Å²) in [5.74, 6) is 0.217. The number of ether oxygens (including phenoxy) is 2. The zero-order chi connectivity index (χ0) is 24.6. The Labute approximate surface area is 206 Å². The molecule has 0 N–H and O–H groups in total. The molecule has 8 nitrogen and oxygen atoms in total. The number of anilines is 1. The van der Waals surface area contributed by atoms with Crippen molar-refractivity contribution in [1.29, 1.82) is 0 Å². The Bertz CT molecular complexity index is 1080. The highest BCUT2D eigenvalue weighted by Gasteiger charge is 2.51. The standard InChI is InChI=1S/C26H34FN5O3/c1-4-35-25(33)32-16-26(17-32)8-7-20(14-26)30-9-11-31(12-10-30)22-13-19(27)15-28-24(22)21-5-6-23(34-3)29-18(21)2/h5-6,13,15,20H,4,7-12,14,16-17H2,1-3H3/t20-/m1/s1. The van der Waals surface area contributed by atoms with Crippen molar-refractivity contribution in [2.75, 3.05) is 57.9 Å². The van der Waals surface area contributed by atoms with Crippen molar-refractivity contribution in [1.82, 2.24) is 19.8 Å². The number of pyridine rings is 2. The molecular weight excluding hydrogens is 449 g/mol. The van der Waals surface area contributed by atoms with E-state index in [-0.39, 0.29) is 17.3 Å². The van der Waals surface area contributed by atoms with Crippen LogP contribution in [0.4, 0.5) is 14.9 Å². The maximum absolute atomic E-state index is 14.3. The van der Waals surface area contributed by atoms with Gasteiger partial charge in [-0.25, -0.2) is 14.2 Å². The van der Waals surface area contributed by atoms with Crippen LogP contribution in [0.3, 0.4) is 0 Å². The minimum absolute atomic E-state index is 0.183. The number of aryl methyl sites for hydroxylation is 1. The molecule has 0 bridgehead atoms. The SMILES string of the molecule is CCOC(=O)N1CC2(CC[C@@H](N3CCN(c4cc(F)cnc4-c4ccc(OC)nc4C)CC3)C2)C1. The zero-order valence-corrected chi connectivity index (χ0v) is 20.8. The lowest BCUT2D eigenvalue weighted by atomic mass is 9.78. The fourth-order valence-electron chi connectivity index (χ4n) is 5.99. The monoisotopic (exact) mass is 483 g/mol. The number of hydrogen-bond acceptors (Lipinski definition) is 7. The molecule has 0 radical (unpaired) electrons. The van der Waals surface area contributed by atoms with Crippen LogP contribution >= 0.6 is 0 Å². The van der Waals surface area contributed by atoms with Crippen molar-refractivity contribution in [2.45, 2.75) is 39.2 Å². The molecule has 2 aromatic rings. The molecule has 1 aliphatic carbocycles. The van der Waals surface area contributed by atoms with Gasteiger partial charge in [0.15, 0.2) is 0 Å². The third-order valence-corrected chi connectivity index (χ3v) is 7.79. The zero-order valence-electron chi connectivity index (χ0n) is 20.8. The minimum Gasteiger partial charge on any atom is -0.481 e. The Morgan fingerprint density at radius 2 is 2.00 bits per heavy atom. The van der Waals surface area contributed by atoms with Gasteiger partial charge in [0.05, 0.1) is 37.0 Å². The van der Waals surface area contributed by atoms with Gasteiger partial charge >= 0.3 is 6.09 Å². The first-order valence-corrected chi connectivity index (χ1v) is 12.5. The van der Waals surface area contributed by atoms with Gasteiger partial charge in [-0.05, 0) is 39.2 Å². The number of likely N-dealkylation sites (tertiary alicyclic amines) is 1. The summed E-state index contributed by atoms with van der Waals surface area (Å²) in [6, 6.07) is 5.89. The predicted molar refractivity (Wildman–Crippen MR) is 131 cm³/mol. The lowest BCUT2D eigenvalue weighted by Gasteiger charge is -2.48. The summed E-state index contributed by atoms with van der Waals surface area (Å²) >= 11 is 0. The molecular formula is C26H34FN5O3. The summed E-state index contributed by atoms with van der Waals surface area (Å²) in [4.78, 5) is 27.6. The van der Waals surface area contributed by atoms with E-state index in [2.05, 4.69) is 19.8 Å². The second-order valence-electron chi connectivity index (χ2n) is 9.98. The number of carbonyl (C=O) groups is 1. The molecule has 2 aliphatic heterocycles. The number of hydrogen-bond donors (Lipinski definition) is 0. The van der Waals surface area contributed by atoms with E-state index in [1.54, 1.807) is 13.2 Å². The molecule has 2 aromatic heterocycles. The fourth-order valence-corrected chi connectivity index (χ4v) is 5.99. The second kappa shape index (κ2) is 9.60. The van der Waals surface area contributed by atoms with Gasteiger partial charge in [-0.3, -0.25) is 9.88 Å². The van der Waals surface area contributed by atoms with Crippen LogP contribution in [0.1, 0.15) is 31.9 Å². The van der Waals surface area contributed by atoms with E-state index in [0.29, 0.717) is 18.5 Å². The fraction of sp³-hybridized carbons (Fsp3) is 0.577. The van der Waals surface area contributed by atoms with E-state index in [1.165, 1.54) is 12.6 Å². The Hall–Kier alpha value is -2.94. The van der Waals surface area contributed by atoms with Crippen LogP contribution in [0.25, 0.3) is 11.3 Å². The highest BCUT2D eigenvalue weighted by atomic mass is 19.1. The summed E-state index contributed by atoms with van der Waals surface area (Å²) in [6.45, 7) is 9.31. The number of aromatic nitrogens is 2. The largest absolute Gasteiger partial charge is 0.481 e. The summed E-state index contributed by atoms with van der Waals surface area (Å²) in [5.41, 5.74) is 3.51. The first-order chi connectivity index (χ1) is 16.9. The van der Waals surface area contributed by atoms with Crippen molar-refractivity contribution in [3.05, 3.63) is 35.9 Å². The van der Waals surface area contributed by atoms with Crippen LogP contribution in [0.5, 0.6) is 5.88 Å². The van der Waals surface area contributed by atoms with Gasteiger partial charge in [0.1, 0.15) is 5.82 Å². The lowest BCUT2D eigenvalue weighted by molar-refractivity contribution is -0.00294. The van der Waals surface area contributed by atoms with E-state index in [1.807, 2.05) is 30.9 Å². The predicted octanol–water partition coefficient (Wildman–Crippen LogP) is 3.73. The van der Waals surface area contributed by atoms with Crippen molar-refractivity contribution in [3.63, 3.8) is 0 Å². The number of rotatable bonds is 5. The van der Waals surface area contributed by atoms with Gasteiger partial charge in [0.25, 0.3) is 0 Å². The molecule has 9 heteroatoms. The summed E-state index contributed by atoms with van der Waals surface area (Å²) in [5, 5.41) is 0. The van der Waals surface area contributed by atoms with Gasteiger partial charge in [-0.15, -0.1) is 0 Å². The van der Waals surface area contributed by atoms with Gasteiger partial charge < -0.3 is 19.3 Å². The van der Waals surface area contributed by atoms with Crippen molar-refractivity contribution < 1.29 is 18.7 Å². The summed E-state index contributed by atoms with van der Waals surface area (Å²) in [7, 11) is 1.59. The van der Waals surface area contributed by atoms with Gasteiger partial charge in [0.2, 0.25) is 5.88 Å². The molecule has 0 aromatic carbocycles. The van der Waals surface area contributed by atoms with E-state index in [9.17, 15) is 9.18 Å². The van der Waals surface area contributed by atoms with Gasteiger partial charge in [0, 0.05) is 68.4 Å². The molecule has 4 heterocycles. The van der Waals surface area contributed by atoms with E-state index in [4.69, 9.17) is 9.47 Å². The molecule has 3 fully saturated rings. The second-order valence-corrected chi connectivity index (χ2v) is 9.98. The van der Waals surface area contributed by atoms with E-state index in [0.717, 1.165) is 74.7 Å². The smallest absolute Gasteiger partial charge is 0.409 e. The molecule has 1 saturated carbocycles. The normalized spacial score (nSPS) is 21.8. The Morgan fingerprint density at radius 3 is 2.69 bits per heavy atom. The Kier molecular flexibility index (Phi) is 6.53. The quantitative estimate of drug-likeness (QED) is 0.642. The van der Waals surface area contributed by atoms with Crippen LogP contribution in [-0.2, 0) is 4.74 Å². The molecule has 2 saturated heterocycles. The molecule has 188 valence electrons.